The Morgan fingerprint density at radius 3 is 2.30 bits per heavy atom. The van der Waals surface area contributed by atoms with Crippen LogP contribution in [0.5, 0.6) is 0 Å². The first-order valence-electron chi connectivity index (χ1n) is 9.79. The second-order valence-corrected chi connectivity index (χ2v) is 8.99. The molecule has 7 nitrogen and oxygen atoms in total. The Balaban J connectivity index is 2.14. The third-order valence-electron chi connectivity index (χ3n) is 4.89. The average molecular weight is 443 g/mol. The van der Waals surface area contributed by atoms with Crippen LogP contribution in [0.4, 0.5) is 8.78 Å². The minimum absolute atomic E-state index is 0.0110. The van der Waals surface area contributed by atoms with E-state index in [1.54, 1.807) is 34.6 Å². The van der Waals surface area contributed by atoms with E-state index in [4.69, 9.17) is 0 Å². The summed E-state index contributed by atoms with van der Waals surface area (Å²) in [6.45, 7) is 8.78. The smallest absolute Gasteiger partial charge is 0.246 e. The highest BCUT2D eigenvalue weighted by Gasteiger charge is 2.29. The molecule has 2 rings (SSSR count). The van der Waals surface area contributed by atoms with Gasteiger partial charge < -0.3 is 5.32 Å². The summed E-state index contributed by atoms with van der Waals surface area (Å²) in [5.74, 6) is -1.77. The zero-order valence-corrected chi connectivity index (χ0v) is 18.7. The minimum Gasteiger partial charge on any atom is -0.352 e. The van der Waals surface area contributed by atoms with Crippen LogP contribution in [-0.4, -0.2) is 47.5 Å². The lowest BCUT2D eigenvalue weighted by molar-refractivity contribution is -0.122. The van der Waals surface area contributed by atoms with Crippen molar-refractivity contribution in [3.05, 3.63) is 46.8 Å². The Kier molecular flexibility index (Phi) is 7.70. The van der Waals surface area contributed by atoms with E-state index in [-0.39, 0.29) is 23.4 Å². The van der Waals surface area contributed by atoms with Gasteiger partial charge in [-0.05, 0) is 39.3 Å². The molecule has 0 aliphatic carbocycles. The SMILES string of the molecule is CCN(CC)S(=O)(=O)c1c(C)nn(CC(=O)NC(C)Cc2c(F)cccc2F)c1C. The van der Waals surface area contributed by atoms with E-state index in [9.17, 15) is 22.0 Å². The Bertz CT molecular complexity index is 997. The van der Waals surface area contributed by atoms with Crippen LogP contribution < -0.4 is 5.32 Å². The number of sulfonamides is 1. The molecule has 0 spiro atoms. The van der Waals surface area contributed by atoms with Gasteiger partial charge in [-0.3, -0.25) is 9.48 Å². The van der Waals surface area contributed by atoms with Gasteiger partial charge in [-0.1, -0.05) is 19.9 Å². The summed E-state index contributed by atoms with van der Waals surface area (Å²) in [6, 6.07) is 3.09. The van der Waals surface area contributed by atoms with E-state index >= 15 is 0 Å². The first-order valence-corrected chi connectivity index (χ1v) is 11.2. The molecular weight excluding hydrogens is 414 g/mol. The van der Waals surface area contributed by atoms with Crippen LogP contribution >= 0.6 is 0 Å². The number of hydrogen-bond acceptors (Lipinski definition) is 4. The molecule has 0 saturated carbocycles. The first kappa shape index (κ1) is 23.9. The molecule has 0 radical (unpaired) electrons. The number of carbonyl (C=O) groups excluding carboxylic acids is 1. The highest BCUT2D eigenvalue weighted by molar-refractivity contribution is 7.89. The fraction of sp³-hybridized carbons (Fsp3) is 0.500. The molecule has 0 aliphatic heterocycles. The zero-order chi connectivity index (χ0) is 22.6. The minimum atomic E-state index is -3.72. The number of benzene rings is 1. The van der Waals surface area contributed by atoms with Crippen LogP contribution in [0.1, 0.15) is 37.7 Å². The lowest BCUT2D eigenvalue weighted by Gasteiger charge is -2.18. The molecule has 2 aromatic rings. The molecule has 30 heavy (non-hydrogen) atoms. The van der Waals surface area contributed by atoms with Crippen molar-refractivity contribution in [1.29, 1.82) is 0 Å². The van der Waals surface area contributed by atoms with E-state index in [1.807, 2.05) is 0 Å². The maximum absolute atomic E-state index is 13.8. The fourth-order valence-electron chi connectivity index (χ4n) is 3.44. The number of hydrogen-bond donors (Lipinski definition) is 1. The van der Waals surface area contributed by atoms with Crippen molar-refractivity contribution in [2.45, 2.75) is 58.5 Å². The summed E-state index contributed by atoms with van der Waals surface area (Å²) in [6.07, 6.45) is -0.0110. The highest BCUT2D eigenvalue weighted by Crippen LogP contribution is 2.23. The van der Waals surface area contributed by atoms with Crippen molar-refractivity contribution in [3.63, 3.8) is 0 Å². The molecule has 0 saturated heterocycles. The van der Waals surface area contributed by atoms with Crippen LogP contribution in [0.15, 0.2) is 23.1 Å². The Labute approximate surface area is 176 Å². The Morgan fingerprint density at radius 2 is 1.77 bits per heavy atom. The van der Waals surface area contributed by atoms with Gasteiger partial charge in [0.1, 0.15) is 23.1 Å². The lowest BCUT2D eigenvalue weighted by Crippen LogP contribution is -2.37. The van der Waals surface area contributed by atoms with Crippen molar-refractivity contribution in [1.82, 2.24) is 19.4 Å². The van der Waals surface area contributed by atoms with Gasteiger partial charge >= 0.3 is 0 Å². The number of nitrogens with zero attached hydrogens (tertiary/aromatic N) is 3. The van der Waals surface area contributed by atoms with Crippen LogP contribution in [0, 0.1) is 25.5 Å². The summed E-state index contributed by atoms with van der Waals surface area (Å²) in [7, 11) is -3.72. The second-order valence-electron chi connectivity index (χ2n) is 7.12. The maximum Gasteiger partial charge on any atom is 0.246 e. The van der Waals surface area contributed by atoms with E-state index in [1.165, 1.54) is 27.2 Å². The molecule has 1 aromatic carbocycles. The number of amides is 1. The molecular formula is C20H28F2N4O3S. The predicted octanol–water partition coefficient (Wildman–Crippen LogP) is 2.56. The quantitative estimate of drug-likeness (QED) is 0.647. The van der Waals surface area contributed by atoms with E-state index in [2.05, 4.69) is 10.4 Å². The van der Waals surface area contributed by atoms with Crippen LogP contribution in [0.25, 0.3) is 0 Å². The van der Waals surface area contributed by atoms with Gasteiger partial charge in [0.2, 0.25) is 15.9 Å². The summed E-state index contributed by atoms with van der Waals surface area (Å²) >= 11 is 0. The number of aryl methyl sites for hydroxylation is 1. The predicted molar refractivity (Wildman–Crippen MR) is 109 cm³/mol. The van der Waals surface area contributed by atoms with Crippen LogP contribution in [0.2, 0.25) is 0 Å². The number of aromatic nitrogens is 2. The molecule has 1 N–H and O–H groups in total. The van der Waals surface area contributed by atoms with E-state index < -0.39 is 33.6 Å². The number of carbonyl (C=O) groups is 1. The molecule has 0 bridgehead atoms. The van der Waals surface area contributed by atoms with E-state index in [0.29, 0.717) is 24.5 Å². The van der Waals surface area contributed by atoms with Crippen molar-refractivity contribution in [2.75, 3.05) is 13.1 Å². The van der Waals surface area contributed by atoms with Gasteiger partial charge in [0.15, 0.2) is 0 Å². The Hall–Kier alpha value is -2.33. The number of halogens is 2. The lowest BCUT2D eigenvalue weighted by atomic mass is 10.1. The first-order chi connectivity index (χ1) is 14.0. The van der Waals surface area contributed by atoms with Gasteiger partial charge in [0.25, 0.3) is 0 Å². The molecule has 1 amide bonds. The van der Waals surface area contributed by atoms with Crippen LogP contribution in [-0.2, 0) is 27.8 Å². The van der Waals surface area contributed by atoms with Gasteiger partial charge in [0.05, 0.1) is 11.4 Å². The third kappa shape index (κ3) is 5.04. The molecule has 0 aliphatic rings. The van der Waals surface area contributed by atoms with Crippen molar-refractivity contribution in [2.24, 2.45) is 0 Å². The topological polar surface area (TPSA) is 84.3 Å². The largest absolute Gasteiger partial charge is 0.352 e. The second kappa shape index (κ2) is 9.65. The standard InChI is InChI=1S/C20H28F2N4O3S/c1-6-25(7-2)30(28,29)20-14(4)24-26(15(20)5)12-19(27)23-13(3)11-16-17(21)9-8-10-18(16)22/h8-10,13H,6-7,11-12H2,1-5H3,(H,23,27). The summed E-state index contributed by atoms with van der Waals surface area (Å²) < 4.78 is 56.0. The van der Waals surface area contributed by atoms with Gasteiger partial charge in [-0.25, -0.2) is 17.2 Å². The number of nitrogens with one attached hydrogen (secondary N) is 1. The maximum atomic E-state index is 13.8. The Morgan fingerprint density at radius 1 is 1.20 bits per heavy atom. The third-order valence-corrected chi connectivity index (χ3v) is 7.19. The van der Waals surface area contributed by atoms with Gasteiger partial charge in [-0.2, -0.15) is 9.40 Å². The normalized spacial score (nSPS) is 12.9. The van der Waals surface area contributed by atoms with E-state index in [0.717, 1.165) is 0 Å². The molecule has 1 atom stereocenters. The highest BCUT2D eigenvalue weighted by atomic mass is 32.2. The molecule has 1 aromatic heterocycles. The monoisotopic (exact) mass is 442 g/mol. The average Bonchev–Trinajstić information content (AvgIpc) is 2.92. The summed E-state index contributed by atoms with van der Waals surface area (Å²) in [5.41, 5.74) is 0.583. The molecule has 0 fully saturated rings. The summed E-state index contributed by atoms with van der Waals surface area (Å²) in [5, 5.41) is 6.90. The fourth-order valence-corrected chi connectivity index (χ4v) is 5.27. The van der Waals surface area contributed by atoms with Crippen LogP contribution in [0.3, 0.4) is 0 Å². The summed E-state index contributed by atoms with van der Waals surface area (Å²) in [4.78, 5) is 12.5. The van der Waals surface area contributed by atoms with Gasteiger partial charge in [-0.15, -0.1) is 0 Å². The molecule has 166 valence electrons. The molecule has 10 heteroatoms. The van der Waals surface area contributed by atoms with Crippen molar-refractivity contribution < 1.29 is 22.0 Å². The van der Waals surface area contributed by atoms with Crippen molar-refractivity contribution >= 4 is 15.9 Å². The van der Waals surface area contributed by atoms with Gasteiger partial charge in [0, 0.05) is 24.7 Å². The number of rotatable bonds is 9. The molecule has 1 heterocycles. The van der Waals surface area contributed by atoms with Crippen molar-refractivity contribution in [3.8, 4) is 0 Å². The zero-order valence-electron chi connectivity index (χ0n) is 17.9. The molecule has 1 unspecified atom stereocenters.